The fourth-order valence-corrected chi connectivity index (χ4v) is 6.75. The first-order valence-corrected chi connectivity index (χ1v) is 9.84. The standard InChI is InChI=1S/C21H30O3/c1-4-24-19-16-6-5-13-14-7-8-18(23)21(14,3)11-9-15(13)20(16,2)12-10-17(19)22/h13-15H,4-12H2,1-3H3/t13-,14-,15-,20+,21-/m0/s1. The third kappa shape index (κ3) is 2.02. The molecule has 3 fully saturated rings. The summed E-state index contributed by atoms with van der Waals surface area (Å²) in [7, 11) is 0. The van der Waals surface area contributed by atoms with Gasteiger partial charge in [-0.3, -0.25) is 9.59 Å². The highest BCUT2D eigenvalue weighted by Gasteiger charge is 2.59. The van der Waals surface area contributed by atoms with E-state index in [4.69, 9.17) is 4.74 Å². The minimum Gasteiger partial charge on any atom is -0.490 e. The van der Waals surface area contributed by atoms with Crippen LogP contribution in [0, 0.1) is 28.6 Å². The van der Waals surface area contributed by atoms with Crippen molar-refractivity contribution in [2.45, 2.75) is 72.1 Å². The molecule has 0 unspecified atom stereocenters. The van der Waals surface area contributed by atoms with Crippen molar-refractivity contribution in [1.29, 1.82) is 0 Å². The molecule has 4 rings (SSSR count). The molecule has 3 heteroatoms. The summed E-state index contributed by atoms with van der Waals surface area (Å²) in [6.07, 6.45) is 7.76. The number of carbonyl (C=O) groups is 2. The van der Waals surface area contributed by atoms with Crippen molar-refractivity contribution in [3.8, 4) is 0 Å². The lowest BCUT2D eigenvalue weighted by molar-refractivity contribution is -0.133. The van der Waals surface area contributed by atoms with Gasteiger partial charge in [-0.1, -0.05) is 13.8 Å². The fourth-order valence-electron chi connectivity index (χ4n) is 6.75. The highest BCUT2D eigenvalue weighted by molar-refractivity contribution is 5.95. The Morgan fingerprint density at radius 1 is 0.958 bits per heavy atom. The molecule has 0 saturated heterocycles. The number of fused-ring (bicyclic) bond motifs is 5. The van der Waals surface area contributed by atoms with Crippen molar-refractivity contribution in [3.63, 3.8) is 0 Å². The van der Waals surface area contributed by atoms with Crippen molar-refractivity contribution in [2.24, 2.45) is 28.6 Å². The average molecular weight is 330 g/mol. The van der Waals surface area contributed by atoms with Gasteiger partial charge in [-0.25, -0.2) is 0 Å². The van der Waals surface area contributed by atoms with Gasteiger partial charge in [0.1, 0.15) is 5.78 Å². The summed E-state index contributed by atoms with van der Waals surface area (Å²) in [5.74, 6) is 3.25. The van der Waals surface area contributed by atoms with Gasteiger partial charge in [0.15, 0.2) is 11.5 Å². The third-order valence-electron chi connectivity index (χ3n) is 8.07. The summed E-state index contributed by atoms with van der Waals surface area (Å²) in [6.45, 7) is 7.15. The van der Waals surface area contributed by atoms with E-state index in [1.165, 1.54) is 5.57 Å². The highest BCUT2D eigenvalue weighted by atomic mass is 16.5. The first-order chi connectivity index (χ1) is 11.4. The fraction of sp³-hybridized carbons (Fsp3) is 0.810. The second kappa shape index (κ2) is 5.44. The first kappa shape index (κ1) is 16.4. The van der Waals surface area contributed by atoms with Gasteiger partial charge < -0.3 is 4.74 Å². The lowest BCUT2D eigenvalue weighted by Gasteiger charge is -2.57. The third-order valence-corrected chi connectivity index (χ3v) is 8.07. The summed E-state index contributed by atoms with van der Waals surface area (Å²) in [5, 5.41) is 0. The maximum atomic E-state index is 12.5. The average Bonchev–Trinajstić information content (AvgIpc) is 2.86. The van der Waals surface area contributed by atoms with Crippen molar-refractivity contribution < 1.29 is 14.3 Å². The van der Waals surface area contributed by atoms with Crippen LogP contribution in [0.5, 0.6) is 0 Å². The van der Waals surface area contributed by atoms with Crippen LogP contribution in [0.15, 0.2) is 11.3 Å². The van der Waals surface area contributed by atoms with E-state index in [0.29, 0.717) is 42.3 Å². The van der Waals surface area contributed by atoms with Gasteiger partial charge in [0.2, 0.25) is 0 Å². The van der Waals surface area contributed by atoms with Gasteiger partial charge in [-0.15, -0.1) is 0 Å². The number of allylic oxidation sites excluding steroid dienone is 1. The van der Waals surface area contributed by atoms with Crippen LogP contribution < -0.4 is 0 Å². The summed E-state index contributed by atoms with van der Waals surface area (Å²) < 4.78 is 5.81. The van der Waals surface area contributed by atoms with Gasteiger partial charge >= 0.3 is 0 Å². The predicted octanol–water partition coefficient (Wildman–Crippen LogP) is 4.45. The van der Waals surface area contributed by atoms with Crippen LogP contribution in [0.25, 0.3) is 0 Å². The van der Waals surface area contributed by atoms with Gasteiger partial charge in [0, 0.05) is 18.3 Å². The second-order valence-corrected chi connectivity index (χ2v) is 8.91. The van der Waals surface area contributed by atoms with Crippen molar-refractivity contribution in [3.05, 3.63) is 11.3 Å². The molecular formula is C21H30O3. The molecule has 0 aliphatic heterocycles. The monoisotopic (exact) mass is 330 g/mol. The van der Waals surface area contributed by atoms with Crippen LogP contribution in [-0.4, -0.2) is 18.2 Å². The minimum atomic E-state index is -0.0635. The van der Waals surface area contributed by atoms with Crippen LogP contribution in [0.1, 0.15) is 72.1 Å². The summed E-state index contributed by atoms with van der Waals surface area (Å²) in [6, 6.07) is 0. The number of rotatable bonds is 2. The minimum absolute atomic E-state index is 0.0635. The van der Waals surface area contributed by atoms with Crippen LogP contribution in [0.3, 0.4) is 0 Å². The Morgan fingerprint density at radius 3 is 2.46 bits per heavy atom. The SMILES string of the molecule is CCOC1=C2CC[C@@H]3[C@H](CC[C@]4(C)C(=O)CC[C@@H]34)[C@@]2(C)CCC1=O. The molecule has 4 aliphatic carbocycles. The Labute approximate surface area is 145 Å². The Morgan fingerprint density at radius 2 is 1.71 bits per heavy atom. The molecule has 24 heavy (non-hydrogen) atoms. The summed E-state index contributed by atoms with van der Waals surface area (Å²) >= 11 is 0. The van der Waals surface area contributed by atoms with E-state index in [-0.39, 0.29) is 16.6 Å². The number of hydrogen-bond donors (Lipinski definition) is 0. The highest BCUT2D eigenvalue weighted by Crippen LogP contribution is 2.64. The predicted molar refractivity (Wildman–Crippen MR) is 92.3 cm³/mol. The number of ether oxygens (including phenoxy) is 1. The molecule has 132 valence electrons. The Balaban J connectivity index is 1.72. The van der Waals surface area contributed by atoms with E-state index in [9.17, 15) is 9.59 Å². The molecular weight excluding hydrogens is 300 g/mol. The summed E-state index contributed by atoms with van der Waals surface area (Å²) in [4.78, 5) is 24.9. The van der Waals surface area contributed by atoms with E-state index in [1.54, 1.807) is 0 Å². The molecule has 0 aromatic heterocycles. The van der Waals surface area contributed by atoms with Gasteiger partial charge in [-0.2, -0.15) is 0 Å². The normalized spacial score (nSPS) is 44.9. The maximum Gasteiger partial charge on any atom is 0.197 e. The van der Waals surface area contributed by atoms with Crippen molar-refractivity contribution in [2.75, 3.05) is 6.61 Å². The number of carbonyl (C=O) groups excluding carboxylic acids is 2. The molecule has 3 saturated carbocycles. The van der Waals surface area contributed by atoms with E-state index < -0.39 is 0 Å². The zero-order valence-corrected chi connectivity index (χ0v) is 15.3. The van der Waals surface area contributed by atoms with Gasteiger partial charge in [-0.05, 0) is 74.2 Å². The summed E-state index contributed by atoms with van der Waals surface area (Å²) in [5.41, 5.74) is 1.34. The smallest absolute Gasteiger partial charge is 0.197 e. The Kier molecular flexibility index (Phi) is 3.71. The number of hydrogen-bond acceptors (Lipinski definition) is 3. The molecule has 0 radical (unpaired) electrons. The number of Topliss-reactive ketones (excluding diaryl/α,β-unsaturated/α-hetero) is 2. The van der Waals surface area contributed by atoms with Gasteiger partial charge in [0.05, 0.1) is 6.61 Å². The Hall–Kier alpha value is -1.12. The molecule has 5 atom stereocenters. The molecule has 0 spiro atoms. The largest absolute Gasteiger partial charge is 0.490 e. The molecule has 0 amide bonds. The zero-order valence-electron chi connectivity index (χ0n) is 15.3. The molecule has 0 heterocycles. The molecule has 3 nitrogen and oxygen atoms in total. The molecule has 0 bridgehead atoms. The number of ketones is 2. The van der Waals surface area contributed by atoms with Crippen LogP contribution in [-0.2, 0) is 14.3 Å². The maximum absolute atomic E-state index is 12.5. The van der Waals surface area contributed by atoms with Crippen molar-refractivity contribution >= 4 is 11.6 Å². The zero-order chi connectivity index (χ0) is 17.1. The van der Waals surface area contributed by atoms with E-state index in [1.807, 2.05) is 6.92 Å². The molecule has 4 aliphatic rings. The quantitative estimate of drug-likeness (QED) is 0.751. The lowest BCUT2D eigenvalue weighted by Crippen LogP contribution is -2.51. The molecule has 0 N–H and O–H groups in total. The van der Waals surface area contributed by atoms with Crippen LogP contribution in [0.2, 0.25) is 0 Å². The van der Waals surface area contributed by atoms with Crippen LogP contribution >= 0.6 is 0 Å². The molecule has 0 aromatic carbocycles. The van der Waals surface area contributed by atoms with E-state index >= 15 is 0 Å². The Bertz CT molecular complexity index is 619. The first-order valence-electron chi connectivity index (χ1n) is 9.84. The van der Waals surface area contributed by atoms with E-state index in [2.05, 4.69) is 13.8 Å². The topological polar surface area (TPSA) is 43.4 Å². The van der Waals surface area contributed by atoms with Crippen molar-refractivity contribution in [1.82, 2.24) is 0 Å². The molecule has 0 aromatic rings. The second-order valence-electron chi connectivity index (χ2n) is 8.91. The van der Waals surface area contributed by atoms with Gasteiger partial charge in [0.25, 0.3) is 0 Å². The van der Waals surface area contributed by atoms with Crippen LogP contribution in [0.4, 0.5) is 0 Å². The lowest BCUT2D eigenvalue weighted by atomic mass is 9.47. The van der Waals surface area contributed by atoms with E-state index in [0.717, 1.165) is 44.9 Å².